The fourth-order valence-electron chi connectivity index (χ4n) is 3.53. The second-order valence-electron chi connectivity index (χ2n) is 6.88. The number of aliphatic imine (C=N–C) groups is 1. The van der Waals surface area contributed by atoms with Crippen molar-refractivity contribution in [2.45, 2.75) is 31.9 Å². The van der Waals surface area contributed by atoms with E-state index in [9.17, 15) is 0 Å². The predicted molar refractivity (Wildman–Crippen MR) is 123 cm³/mol. The van der Waals surface area contributed by atoms with Crippen molar-refractivity contribution in [3.63, 3.8) is 0 Å². The monoisotopic (exact) mass is 501 g/mol. The summed E-state index contributed by atoms with van der Waals surface area (Å²) in [5.74, 6) is 1.94. The summed E-state index contributed by atoms with van der Waals surface area (Å²) >= 11 is 0. The highest BCUT2D eigenvalue weighted by Crippen LogP contribution is 2.16. The fourth-order valence-corrected chi connectivity index (χ4v) is 3.53. The number of halogens is 1. The number of aryl methyl sites for hydroxylation is 1. The average Bonchev–Trinajstić information content (AvgIpc) is 3.03. The third-order valence-corrected chi connectivity index (χ3v) is 5.08. The minimum Gasteiger partial charge on any atom is -0.385 e. The first-order valence-corrected chi connectivity index (χ1v) is 9.69. The normalized spacial score (nSPS) is 15.7. The van der Waals surface area contributed by atoms with Crippen LogP contribution in [0.5, 0.6) is 0 Å². The molecular weight excluding hydrogens is 469 g/mol. The number of hydrogen-bond donors (Lipinski definition) is 1. The van der Waals surface area contributed by atoms with Gasteiger partial charge >= 0.3 is 0 Å². The number of piperidine rings is 1. The van der Waals surface area contributed by atoms with E-state index in [1.54, 1.807) is 7.11 Å². The maximum absolute atomic E-state index is 5.95. The van der Waals surface area contributed by atoms with Gasteiger partial charge in [0.25, 0.3) is 0 Å². The molecule has 1 aromatic heterocycles. The van der Waals surface area contributed by atoms with Crippen LogP contribution in [0.2, 0.25) is 0 Å². The van der Waals surface area contributed by atoms with Gasteiger partial charge in [-0.3, -0.25) is 4.99 Å². The smallest absolute Gasteiger partial charge is 0.194 e. The van der Waals surface area contributed by atoms with Crippen molar-refractivity contribution >= 4 is 41.0 Å². The van der Waals surface area contributed by atoms with Crippen molar-refractivity contribution in [1.29, 1.82) is 0 Å². The Morgan fingerprint density at radius 2 is 2.00 bits per heavy atom. The molecule has 0 bridgehead atoms. The van der Waals surface area contributed by atoms with Crippen LogP contribution in [-0.4, -0.2) is 67.0 Å². The Morgan fingerprint density at radius 3 is 2.68 bits per heavy atom. The number of rotatable bonds is 7. The van der Waals surface area contributed by atoms with Crippen LogP contribution in [0.4, 0.5) is 0 Å². The van der Waals surface area contributed by atoms with Gasteiger partial charge in [0.05, 0.1) is 23.7 Å². The molecule has 156 valence electrons. The first-order chi connectivity index (χ1) is 13.2. The van der Waals surface area contributed by atoms with Crippen LogP contribution in [0.1, 0.15) is 25.1 Å². The lowest BCUT2D eigenvalue weighted by Gasteiger charge is -2.34. The third-order valence-electron chi connectivity index (χ3n) is 5.08. The molecule has 0 amide bonds. The second kappa shape index (κ2) is 11.6. The zero-order chi connectivity index (χ0) is 19.1. The Hall–Kier alpha value is -1.39. The quantitative estimate of drug-likeness (QED) is 0.274. The van der Waals surface area contributed by atoms with Crippen molar-refractivity contribution in [1.82, 2.24) is 19.8 Å². The van der Waals surface area contributed by atoms with Crippen LogP contribution in [0.15, 0.2) is 29.3 Å². The van der Waals surface area contributed by atoms with Crippen molar-refractivity contribution < 1.29 is 9.47 Å². The lowest BCUT2D eigenvalue weighted by Crippen LogP contribution is -2.47. The number of hydrogen-bond acceptors (Lipinski definition) is 4. The summed E-state index contributed by atoms with van der Waals surface area (Å²) in [6.07, 6.45) is 3.36. The number of ether oxygens (including phenoxy) is 2. The van der Waals surface area contributed by atoms with Crippen molar-refractivity contribution in [3.8, 4) is 0 Å². The van der Waals surface area contributed by atoms with Gasteiger partial charge in [-0.2, -0.15) is 0 Å². The minimum absolute atomic E-state index is 0. The molecule has 1 fully saturated rings. The van der Waals surface area contributed by atoms with E-state index >= 15 is 0 Å². The highest BCUT2D eigenvalue weighted by Gasteiger charge is 2.22. The van der Waals surface area contributed by atoms with E-state index in [1.165, 1.54) is 0 Å². The number of benzene rings is 1. The van der Waals surface area contributed by atoms with Gasteiger partial charge in [-0.05, 0) is 31.4 Å². The van der Waals surface area contributed by atoms with Gasteiger partial charge in [-0.1, -0.05) is 12.1 Å². The predicted octanol–water partition coefficient (Wildman–Crippen LogP) is 2.78. The Labute approximate surface area is 184 Å². The molecule has 1 aliphatic rings. The molecule has 1 aliphatic heterocycles. The molecular formula is C20H32IN5O2. The Balaban J connectivity index is 0.00000280. The molecule has 1 aromatic carbocycles. The number of nitrogens with zero attached hydrogens (tertiary/aromatic N) is 4. The number of methoxy groups -OCH3 is 1. The first kappa shape index (κ1) is 22.9. The molecule has 2 aromatic rings. The van der Waals surface area contributed by atoms with Crippen LogP contribution >= 0.6 is 24.0 Å². The lowest BCUT2D eigenvalue weighted by atomic mass is 10.1. The highest BCUT2D eigenvalue weighted by molar-refractivity contribution is 14.0. The number of fused-ring (bicyclic) bond motifs is 1. The summed E-state index contributed by atoms with van der Waals surface area (Å²) < 4.78 is 13.1. The molecule has 0 spiro atoms. The number of para-hydroxylation sites is 2. The van der Waals surface area contributed by atoms with Crippen LogP contribution in [0, 0.1) is 0 Å². The van der Waals surface area contributed by atoms with Crippen LogP contribution < -0.4 is 5.32 Å². The van der Waals surface area contributed by atoms with Crippen molar-refractivity contribution in [2.24, 2.45) is 12.0 Å². The van der Waals surface area contributed by atoms with E-state index in [0.29, 0.717) is 12.6 Å². The minimum atomic E-state index is 0. The molecule has 7 nitrogen and oxygen atoms in total. The van der Waals surface area contributed by atoms with Gasteiger partial charge in [0.2, 0.25) is 0 Å². The molecule has 1 N–H and O–H groups in total. The van der Waals surface area contributed by atoms with Crippen molar-refractivity contribution in [2.75, 3.05) is 40.5 Å². The van der Waals surface area contributed by atoms with Gasteiger partial charge in [-0.25, -0.2) is 4.98 Å². The number of likely N-dealkylation sites (tertiary alicyclic amines) is 1. The maximum atomic E-state index is 5.95. The van der Waals surface area contributed by atoms with Crippen molar-refractivity contribution in [3.05, 3.63) is 30.1 Å². The highest BCUT2D eigenvalue weighted by atomic mass is 127. The second-order valence-corrected chi connectivity index (χ2v) is 6.88. The van der Waals surface area contributed by atoms with E-state index in [1.807, 2.05) is 25.2 Å². The average molecular weight is 501 g/mol. The van der Waals surface area contributed by atoms with E-state index in [2.05, 4.69) is 32.9 Å². The van der Waals surface area contributed by atoms with Crippen LogP contribution in [0.3, 0.4) is 0 Å². The summed E-state index contributed by atoms with van der Waals surface area (Å²) in [4.78, 5) is 11.5. The standard InChI is InChI=1S/C20H31N5O2.HI/c1-21-20(25-11-9-16(10-12-25)27-14-6-13-26-3)22-15-19-23-17-7-4-5-8-18(17)24(19)2;/h4-5,7-8,16H,6,9-15H2,1-3H3,(H,21,22);1H. The number of nitrogens with one attached hydrogen (secondary N) is 1. The van der Waals surface area contributed by atoms with Crippen LogP contribution in [0.25, 0.3) is 11.0 Å². The van der Waals surface area contributed by atoms with Gasteiger partial charge in [0.1, 0.15) is 5.82 Å². The molecule has 0 aliphatic carbocycles. The molecule has 1 saturated heterocycles. The van der Waals surface area contributed by atoms with Gasteiger partial charge in [-0.15, -0.1) is 24.0 Å². The van der Waals surface area contributed by atoms with E-state index in [-0.39, 0.29) is 24.0 Å². The summed E-state index contributed by atoms with van der Waals surface area (Å²) in [7, 11) is 5.62. The number of guanidine groups is 1. The summed E-state index contributed by atoms with van der Waals surface area (Å²) in [5.41, 5.74) is 2.17. The number of aromatic nitrogens is 2. The largest absolute Gasteiger partial charge is 0.385 e. The molecule has 0 atom stereocenters. The Bertz CT molecular complexity index is 756. The van der Waals surface area contributed by atoms with E-state index in [4.69, 9.17) is 14.5 Å². The SMILES string of the molecule is CN=C(NCc1nc2ccccc2n1C)N1CCC(OCCCOC)CC1.I. The summed E-state index contributed by atoms with van der Waals surface area (Å²) in [5, 5.41) is 3.47. The summed E-state index contributed by atoms with van der Waals surface area (Å²) in [6.45, 7) is 4.11. The van der Waals surface area contributed by atoms with Gasteiger partial charge < -0.3 is 24.3 Å². The Kier molecular flexibility index (Phi) is 9.46. The Morgan fingerprint density at radius 1 is 1.25 bits per heavy atom. The zero-order valence-corrected chi connectivity index (χ0v) is 19.4. The van der Waals surface area contributed by atoms with Gasteiger partial charge in [0.15, 0.2) is 5.96 Å². The maximum Gasteiger partial charge on any atom is 0.194 e. The first-order valence-electron chi connectivity index (χ1n) is 9.69. The van der Waals surface area contributed by atoms with Crippen LogP contribution in [-0.2, 0) is 23.1 Å². The molecule has 0 radical (unpaired) electrons. The van der Waals surface area contributed by atoms with E-state index in [0.717, 1.165) is 68.4 Å². The molecule has 28 heavy (non-hydrogen) atoms. The molecule has 8 heteroatoms. The fraction of sp³-hybridized carbons (Fsp3) is 0.600. The molecule has 3 rings (SSSR count). The molecule has 0 unspecified atom stereocenters. The number of imidazole rings is 1. The van der Waals surface area contributed by atoms with E-state index < -0.39 is 0 Å². The van der Waals surface area contributed by atoms with Gasteiger partial charge in [0, 0.05) is 47.5 Å². The molecule has 2 heterocycles. The zero-order valence-electron chi connectivity index (χ0n) is 17.1. The topological polar surface area (TPSA) is 63.9 Å². The summed E-state index contributed by atoms with van der Waals surface area (Å²) in [6, 6.07) is 8.21. The lowest BCUT2D eigenvalue weighted by molar-refractivity contribution is 0.00989. The third kappa shape index (κ3) is 5.81. The molecule has 0 saturated carbocycles.